The second-order valence-corrected chi connectivity index (χ2v) is 10.3. The Morgan fingerprint density at radius 2 is 1.61 bits per heavy atom. The van der Waals surface area contributed by atoms with Crippen molar-refractivity contribution in [3.63, 3.8) is 0 Å². The summed E-state index contributed by atoms with van der Waals surface area (Å²) < 4.78 is 32.7. The molecule has 4 aromatic rings. The molecule has 0 aliphatic rings. The number of nitrogens with two attached hydrogens (primary N) is 1. The highest BCUT2D eigenvalue weighted by Gasteiger charge is 2.16. The number of methoxy groups -OCH3 is 1. The van der Waals surface area contributed by atoms with E-state index in [1.54, 1.807) is 42.6 Å². The van der Waals surface area contributed by atoms with Gasteiger partial charge in [-0.15, -0.1) is 0 Å². The van der Waals surface area contributed by atoms with E-state index in [9.17, 15) is 8.42 Å². The molecule has 0 bridgehead atoms. The van der Waals surface area contributed by atoms with Gasteiger partial charge in [0, 0.05) is 33.4 Å². The topological polar surface area (TPSA) is 107 Å². The number of aliphatic imine (C=N–C) groups is 1. The van der Waals surface area contributed by atoms with Crippen LogP contribution in [0, 0.1) is 0 Å². The second-order valence-electron chi connectivity index (χ2n) is 7.74. The van der Waals surface area contributed by atoms with Crippen LogP contribution in [0.25, 0.3) is 22.4 Å². The Kier molecular flexibility index (Phi) is 7.79. The molecule has 3 aromatic carbocycles. The Morgan fingerprint density at radius 3 is 2.25 bits per heavy atom. The number of rotatable bonds is 7. The SMILES string of the molecule is COc1cccc(S(=O)(=O)NC(N)=NCc2cnc(-c3ccc(Cl)cc3)c(-c3ccc(Cl)cc3)c2)c1. The minimum absolute atomic E-state index is 0.0130. The van der Waals surface area contributed by atoms with Gasteiger partial charge in [-0.2, -0.15) is 0 Å². The largest absolute Gasteiger partial charge is 0.497 e. The number of benzene rings is 3. The number of ether oxygens (including phenoxy) is 1. The first kappa shape index (κ1) is 25.5. The van der Waals surface area contributed by atoms with Crippen LogP contribution in [0.5, 0.6) is 5.75 Å². The van der Waals surface area contributed by atoms with Crippen LogP contribution in [0.2, 0.25) is 10.0 Å². The Balaban J connectivity index is 1.61. The highest BCUT2D eigenvalue weighted by molar-refractivity contribution is 7.90. The molecular weight excluding hydrogens is 519 g/mol. The first-order valence-electron chi connectivity index (χ1n) is 10.7. The summed E-state index contributed by atoms with van der Waals surface area (Å²) in [6.07, 6.45) is 1.68. The number of hydrogen-bond donors (Lipinski definition) is 2. The third-order valence-electron chi connectivity index (χ3n) is 5.24. The first-order chi connectivity index (χ1) is 17.2. The van der Waals surface area contributed by atoms with E-state index in [0.717, 1.165) is 27.9 Å². The first-order valence-corrected chi connectivity index (χ1v) is 13.0. The number of nitrogens with zero attached hydrogens (tertiary/aromatic N) is 2. The zero-order valence-electron chi connectivity index (χ0n) is 19.2. The van der Waals surface area contributed by atoms with E-state index >= 15 is 0 Å². The molecule has 0 amide bonds. The number of sulfonamides is 1. The highest BCUT2D eigenvalue weighted by atomic mass is 35.5. The Labute approximate surface area is 219 Å². The lowest BCUT2D eigenvalue weighted by atomic mass is 9.98. The van der Waals surface area contributed by atoms with Gasteiger partial charge in [0.05, 0.1) is 24.2 Å². The molecule has 7 nitrogen and oxygen atoms in total. The number of pyridine rings is 1. The van der Waals surface area contributed by atoms with Crippen molar-refractivity contribution in [3.8, 4) is 28.1 Å². The maximum Gasteiger partial charge on any atom is 0.264 e. The van der Waals surface area contributed by atoms with Gasteiger partial charge in [-0.3, -0.25) is 4.98 Å². The van der Waals surface area contributed by atoms with Crippen molar-refractivity contribution >= 4 is 39.2 Å². The lowest BCUT2D eigenvalue weighted by molar-refractivity contribution is 0.413. The van der Waals surface area contributed by atoms with Crippen molar-refractivity contribution in [2.45, 2.75) is 11.4 Å². The fraction of sp³-hybridized carbons (Fsp3) is 0.0769. The fourth-order valence-corrected chi connectivity index (χ4v) is 4.69. The molecule has 0 unspecified atom stereocenters. The van der Waals surface area contributed by atoms with Gasteiger partial charge in [-0.1, -0.05) is 53.5 Å². The summed E-state index contributed by atoms with van der Waals surface area (Å²) in [5, 5.41) is 1.25. The van der Waals surface area contributed by atoms with Crippen LogP contribution < -0.4 is 15.2 Å². The lowest BCUT2D eigenvalue weighted by Gasteiger charge is -2.12. The molecule has 10 heteroatoms. The molecule has 0 saturated heterocycles. The molecule has 0 saturated carbocycles. The molecule has 1 aromatic heterocycles. The molecule has 0 atom stereocenters. The molecule has 36 heavy (non-hydrogen) atoms. The summed E-state index contributed by atoms with van der Waals surface area (Å²) in [5.41, 5.74) is 10.1. The minimum atomic E-state index is -3.92. The van der Waals surface area contributed by atoms with E-state index in [1.807, 2.05) is 30.3 Å². The Hall–Kier alpha value is -3.59. The summed E-state index contributed by atoms with van der Waals surface area (Å²) in [6, 6.07) is 22.8. The third-order valence-corrected chi connectivity index (χ3v) is 7.10. The van der Waals surface area contributed by atoms with Crippen molar-refractivity contribution in [3.05, 3.63) is 101 Å². The molecule has 0 aliphatic heterocycles. The maximum atomic E-state index is 12.7. The van der Waals surface area contributed by atoms with Crippen molar-refractivity contribution in [2.24, 2.45) is 10.7 Å². The second kappa shape index (κ2) is 11.0. The highest BCUT2D eigenvalue weighted by Crippen LogP contribution is 2.32. The Bertz CT molecular complexity index is 1510. The molecule has 0 aliphatic carbocycles. The number of halogens is 2. The standard InChI is InChI=1S/C26H22Cl2N4O3S/c1-35-22-3-2-4-23(14-22)36(33,34)32-26(29)31-16-17-13-24(18-5-9-20(27)10-6-18)25(30-15-17)19-7-11-21(28)12-8-19/h2-15H,16H2,1H3,(H3,29,31,32). The van der Waals surface area contributed by atoms with Gasteiger partial charge in [0.15, 0.2) is 0 Å². The summed E-state index contributed by atoms with van der Waals surface area (Å²) >= 11 is 12.1. The van der Waals surface area contributed by atoms with Crippen LogP contribution in [0.1, 0.15) is 5.56 Å². The smallest absolute Gasteiger partial charge is 0.264 e. The van der Waals surface area contributed by atoms with Crippen molar-refractivity contribution < 1.29 is 13.2 Å². The van der Waals surface area contributed by atoms with Crippen molar-refractivity contribution in [2.75, 3.05) is 7.11 Å². The van der Waals surface area contributed by atoms with Crippen LogP contribution in [0.15, 0.2) is 94.9 Å². The van der Waals surface area contributed by atoms with E-state index in [4.69, 9.17) is 33.7 Å². The zero-order chi connectivity index (χ0) is 25.7. The predicted molar refractivity (Wildman–Crippen MR) is 144 cm³/mol. The number of aromatic nitrogens is 1. The van der Waals surface area contributed by atoms with E-state index < -0.39 is 10.0 Å². The number of nitrogens with one attached hydrogen (secondary N) is 1. The average molecular weight is 541 g/mol. The van der Waals surface area contributed by atoms with Gasteiger partial charge in [0.1, 0.15) is 5.75 Å². The monoisotopic (exact) mass is 540 g/mol. The number of guanidine groups is 1. The quantitative estimate of drug-likeness (QED) is 0.237. The molecular formula is C26H22Cl2N4O3S. The lowest BCUT2D eigenvalue weighted by Crippen LogP contribution is -2.36. The third kappa shape index (κ3) is 6.15. The van der Waals surface area contributed by atoms with E-state index in [-0.39, 0.29) is 17.4 Å². The summed E-state index contributed by atoms with van der Waals surface area (Å²) in [6.45, 7) is 0.112. The summed E-state index contributed by atoms with van der Waals surface area (Å²) in [7, 11) is -2.46. The van der Waals surface area contributed by atoms with E-state index in [2.05, 4.69) is 14.7 Å². The van der Waals surface area contributed by atoms with E-state index in [1.165, 1.54) is 19.2 Å². The van der Waals surface area contributed by atoms with Crippen LogP contribution in [0.4, 0.5) is 0 Å². The summed E-state index contributed by atoms with van der Waals surface area (Å²) in [4.78, 5) is 8.88. The molecule has 4 rings (SSSR count). The number of hydrogen-bond acceptors (Lipinski definition) is 5. The molecule has 0 fully saturated rings. The van der Waals surface area contributed by atoms with Gasteiger partial charge in [-0.05, 0) is 53.6 Å². The van der Waals surface area contributed by atoms with Gasteiger partial charge in [0.2, 0.25) is 5.96 Å². The summed E-state index contributed by atoms with van der Waals surface area (Å²) in [5.74, 6) is 0.169. The van der Waals surface area contributed by atoms with Gasteiger partial charge < -0.3 is 10.5 Å². The van der Waals surface area contributed by atoms with Crippen molar-refractivity contribution in [1.29, 1.82) is 0 Å². The predicted octanol–water partition coefficient (Wildman–Crippen LogP) is 5.52. The molecule has 3 N–H and O–H groups in total. The maximum absolute atomic E-state index is 12.7. The minimum Gasteiger partial charge on any atom is -0.497 e. The Morgan fingerprint density at radius 1 is 0.972 bits per heavy atom. The van der Waals surface area contributed by atoms with Gasteiger partial charge in [0.25, 0.3) is 10.0 Å². The molecule has 0 radical (unpaired) electrons. The molecule has 184 valence electrons. The van der Waals surface area contributed by atoms with Gasteiger partial charge >= 0.3 is 0 Å². The molecule has 0 spiro atoms. The van der Waals surface area contributed by atoms with Crippen molar-refractivity contribution in [1.82, 2.24) is 9.71 Å². The van der Waals surface area contributed by atoms with Crippen LogP contribution in [0.3, 0.4) is 0 Å². The normalized spacial score (nSPS) is 11.8. The fourth-order valence-electron chi connectivity index (χ4n) is 3.46. The average Bonchev–Trinajstić information content (AvgIpc) is 2.88. The van der Waals surface area contributed by atoms with Crippen LogP contribution >= 0.6 is 23.2 Å². The van der Waals surface area contributed by atoms with E-state index in [0.29, 0.717) is 15.8 Å². The molecule has 1 heterocycles. The van der Waals surface area contributed by atoms with Crippen LogP contribution in [-0.2, 0) is 16.6 Å². The van der Waals surface area contributed by atoms with Crippen LogP contribution in [-0.4, -0.2) is 26.5 Å². The zero-order valence-corrected chi connectivity index (χ0v) is 21.5. The van der Waals surface area contributed by atoms with Gasteiger partial charge in [-0.25, -0.2) is 18.1 Å².